The number of carbonyl (C=O) groups is 2. The van der Waals surface area contributed by atoms with Crippen LogP contribution >= 0.6 is 0 Å². The van der Waals surface area contributed by atoms with E-state index in [0.29, 0.717) is 37.7 Å². The van der Waals surface area contributed by atoms with Gasteiger partial charge in [-0.25, -0.2) is 4.79 Å². The molecule has 0 bridgehead atoms. The molecule has 0 radical (unpaired) electrons. The van der Waals surface area contributed by atoms with Crippen LogP contribution in [0, 0.1) is 6.92 Å². The third-order valence-electron chi connectivity index (χ3n) is 9.98. The van der Waals surface area contributed by atoms with E-state index in [1.807, 2.05) is 36.4 Å². The van der Waals surface area contributed by atoms with Crippen LogP contribution in [-0.2, 0) is 24.0 Å². The van der Waals surface area contributed by atoms with Gasteiger partial charge in [0, 0.05) is 6.42 Å². The van der Waals surface area contributed by atoms with Crippen LogP contribution in [0.4, 0.5) is 0 Å². The second-order valence-corrected chi connectivity index (χ2v) is 13.3. The summed E-state index contributed by atoms with van der Waals surface area (Å²) >= 11 is 0. The number of aliphatic hydroxyl groups excluding tert-OH is 3. The van der Waals surface area contributed by atoms with Crippen molar-refractivity contribution in [2.45, 2.75) is 94.6 Å². The summed E-state index contributed by atoms with van der Waals surface area (Å²) in [5.41, 5.74) is 2.22. The van der Waals surface area contributed by atoms with Gasteiger partial charge in [0.15, 0.2) is 5.78 Å². The summed E-state index contributed by atoms with van der Waals surface area (Å²) in [6.07, 6.45) is -3.89. The van der Waals surface area contributed by atoms with Crippen molar-refractivity contribution in [1.29, 1.82) is 0 Å². The van der Waals surface area contributed by atoms with Gasteiger partial charge in [0.05, 0.1) is 22.1 Å². The number of carbonyl (C=O) groups excluding carboxylic acids is 1. The van der Waals surface area contributed by atoms with Crippen LogP contribution in [0.1, 0.15) is 75.1 Å². The molecular weight excluding hydrogens is 628 g/mol. The number of aryl methyl sites for hydroxylation is 4. The van der Waals surface area contributed by atoms with Crippen molar-refractivity contribution in [3.05, 3.63) is 106 Å². The molecule has 0 spiro atoms. The Morgan fingerprint density at radius 1 is 0.857 bits per heavy atom. The molecule has 1 heterocycles. The van der Waals surface area contributed by atoms with Gasteiger partial charge in [-0.05, 0) is 78.8 Å². The van der Waals surface area contributed by atoms with Crippen LogP contribution in [0.25, 0.3) is 10.8 Å². The van der Waals surface area contributed by atoms with Gasteiger partial charge in [-0.15, -0.1) is 0 Å². The van der Waals surface area contributed by atoms with Crippen LogP contribution in [-0.4, -0.2) is 78.7 Å². The zero-order chi connectivity index (χ0) is 34.9. The molecule has 4 aromatic rings. The molecule has 4 aromatic carbocycles. The molecule has 1 aliphatic carbocycles. The molecular formula is C39H42O10. The summed E-state index contributed by atoms with van der Waals surface area (Å²) < 4.78 is 11.9. The van der Waals surface area contributed by atoms with Gasteiger partial charge in [-0.2, -0.15) is 0 Å². The fourth-order valence-electron chi connectivity index (χ4n) is 7.32. The first-order chi connectivity index (χ1) is 23.5. The van der Waals surface area contributed by atoms with Crippen molar-refractivity contribution < 1.29 is 49.7 Å². The summed E-state index contributed by atoms with van der Waals surface area (Å²) in [6, 6.07) is 22.2. The van der Waals surface area contributed by atoms with Crippen LogP contribution < -0.4 is 4.74 Å². The van der Waals surface area contributed by atoms with Crippen molar-refractivity contribution in [2.75, 3.05) is 0 Å². The monoisotopic (exact) mass is 670 g/mol. The molecule has 6 N–H and O–H groups in total. The fraction of sp³-hybridized carbons (Fsp3) is 0.385. The highest BCUT2D eigenvalue weighted by Gasteiger charge is 2.54. The van der Waals surface area contributed by atoms with Gasteiger partial charge in [0.1, 0.15) is 35.9 Å². The van der Waals surface area contributed by atoms with Crippen LogP contribution in [0.15, 0.2) is 72.8 Å². The first kappa shape index (κ1) is 34.5. The fourth-order valence-corrected chi connectivity index (χ4v) is 7.32. The Hall–Kier alpha value is -4.32. The van der Waals surface area contributed by atoms with Gasteiger partial charge in [0.2, 0.25) is 6.29 Å². The number of rotatable bonds is 11. The minimum atomic E-state index is -1.78. The summed E-state index contributed by atoms with van der Waals surface area (Å²) in [6.45, 7) is 1.66. The minimum absolute atomic E-state index is 0.0229. The Labute approximate surface area is 284 Å². The molecule has 0 aromatic heterocycles. The summed E-state index contributed by atoms with van der Waals surface area (Å²) in [4.78, 5) is 25.9. The lowest BCUT2D eigenvalue weighted by Gasteiger charge is -2.45. The van der Waals surface area contributed by atoms with E-state index < -0.39 is 48.0 Å². The number of phenols is 1. The summed E-state index contributed by atoms with van der Waals surface area (Å²) in [7, 11) is 0. The van der Waals surface area contributed by atoms with Crippen LogP contribution in [0.3, 0.4) is 0 Å². The van der Waals surface area contributed by atoms with Gasteiger partial charge < -0.3 is 40.1 Å². The number of ketones is 1. The van der Waals surface area contributed by atoms with E-state index in [2.05, 4.69) is 18.2 Å². The number of carboxylic acid groups (broad SMARTS) is 1. The van der Waals surface area contributed by atoms with E-state index in [0.717, 1.165) is 30.0 Å². The van der Waals surface area contributed by atoms with Crippen molar-refractivity contribution in [2.24, 2.45) is 0 Å². The first-order valence-corrected chi connectivity index (χ1v) is 16.7. The average Bonchev–Trinajstić information content (AvgIpc) is 3.54. The van der Waals surface area contributed by atoms with Crippen molar-refractivity contribution in [3.63, 3.8) is 0 Å². The van der Waals surface area contributed by atoms with Crippen LogP contribution in [0.5, 0.6) is 11.5 Å². The number of hydrogen-bond donors (Lipinski definition) is 6. The second kappa shape index (κ2) is 14.3. The lowest BCUT2D eigenvalue weighted by molar-refractivity contribution is -0.303. The highest BCUT2D eigenvalue weighted by Crippen LogP contribution is 2.43. The lowest BCUT2D eigenvalue weighted by Crippen LogP contribution is -2.65. The third kappa shape index (κ3) is 7.06. The van der Waals surface area contributed by atoms with E-state index in [-0.39, 0.29) is 39.9 Å². The number of Topliss-reactive ketones (excluding diaryl/α,β-unsaturated/α-hetero) is 1. The molecule has 2 fully saturated rings. The Morgan fingerprint density at radius 3 is 2.18 bits per heavy atom. The minimum Gasteiger partial charge on any atom is -0.506 e. The van der Waals surface area contributed by atoms with E-state index in [1.165, 1.54) is 11.6 Å². The predicted octanol–water partition coefficient (Wildman–Crippen LogP) is 4.64. The topological polar surface area (TPSA) is 174 Å². The van der Waals surface area contributed by atoms with Gasteiger partial charge in [0.25, 0.3) is 0 Å². The molecule has 0 unspecified atom stereocenters. The standard InChI is InChI=1S/C39H42O10/c1-22-19-26-20-27(37(45)46)21-29(48-38-35(44)33(42)34(43)36(49-38)39(47)17-7-8-18-39)31(26)32(41)30(22)28(40)16-15-25-12-6-5-11-24(25)14-13-23-9-3-2-4-10-23/h2-6,9-12,19-21,33-36,38,41-44,47H,7-8,13-18H2,1H3,(H,45,46)/t33-,34-,35+,36-,38+/m0/s1. The number of aliphatic hydroxyl groups is 4. The maximum Gasteiger partial charge on any atom is 0.335 e. The van der Waals surface area contributed by atoms with Gasteiger partial charge in [-0.3, -0.25) is 4.79 Å². The summed E-state index contributed by atoms with van der Waals surface area (Å²) in [5.74, 6) is -2.23. The number of aromatic hydroxyl groups is 1. The van der Waals surface area contributed by atoms with E-state index in [4.69, 9.17) is 9.47 Å². The predicted molar refractivity (Wildman–Crippen MR) is 181 cm³/mol. The summed E-state index contributed by atoms with van der Waals surface area (Å²) in [5, 5.41) is 65.2. The third-order valence-corrected chi connectivity index (χ3v) is 9.98. The highest BCUT2D eigenvalue weighted by molar-refractivity contribution is 6.09. The number of ether oxygens (including phenoxy) is 2. The second-order valence-electron chi connectivity index (χ2n) is 13.3. The molecule has 49 heavy (non-hydrogen) atoms. The number of hydrogen-bond acceptors (Lipinski definition) is 9. The molecule has 2 aliphatic rings. The Bertz CT molecular complexity index is 1830. The first-order valence-electron chi connectivity index (χ1n) is 16.7. The molecule has 1 aliphatic heterocycles. The quantitative estimate of drug-likeness (QED) is 0.123. The smallest absolute Gasteiger partial charge is 0.335 e. The molecule has 10 nitrogen and oxygen atoms in total. The number of phenolic OH excluding ortho intramolecular Hbond substituents is 1. The number of fused-ring (bicyclic) bond motifs is 1. The van der Waals surface area contributed by atoms with E-state index in [1.54, 1.807) is 13.0 Å². The zero-order valence-corrected chi connectivity index (χ0v) is 27.3. The number of benzene rings is 4. The Morgan fingerprint density at radius 2 is 1.51 bits per heavy atom. The highest BCUT2D eigenvalue weighted by atomic mass is 16.7. The number of carboxylic acids is 1. The molecule has 1 saturated carbocycles. The van der Waals surface area contributed by atoms with Gasteiger partial charge >= 0.3 is 5.97 Å². The maximum absolute atomic E-state index is 13.8. The zero-order valence-electron chi connectivity index (χ0n) is 27.3. The molecule has 1 saturated heterocycles. The maximum atomic E-state index is 13.8. The molecule has 10 heteroatoms. The molecule has 5 atom stereocenters. The molecule has 6 rings (SSSR count). The van der Waals surface area contributed by atoms with Gasteiger partial charge in [-0.1, -0.05) is 73.5 Å². The Kier molecular flexibility index (Phi) is 10.1. The van der Waals surface area contributed by atoms with Crippen LogP contribution in [0.2, 0.25) is 0 Å². The SMILES string of the molecule is Cc1cc2cc(C(=O)O)cc(O[C@@H]3O[C@H](C4(O)CCCC4)[C@@H](O)[C@H](O)[C@H]3O)c2c(O)c1C(=O)CCc1ccccc1CCc1ccccc1. The van der Waals surface area contributed by atoms with E-state index >= 15 is 0 Å². The lowest BCUT2D eigenvalue weighted by atomic mass is 9.85. The molecule has 258 valence electrons. The normalized spacial score (nSPS) is 23.4. The van der Waals surface area contributed by atoms with Crippen molar-refractivity contribution in [1.82, 2.24) is 0 Å². The largest absolute Gasteiger partial charge is 0.506 e. The van der Waals surface area contributed by atoms with Crippen molar-refractivity contribution >= 4 is 22.5 Å². The average molecular weight is 671 g/mol. The Balaban J connectivity index is 1.29. The van der Waals surface area contributed by atoms with Crippen molar-refractivity contribution in [3.8, 4) is 11.5 Å². The number of aromatic carboxylic acids is 1. The molecule has 0 amide bonds. The van der Waals surface area contributed by atoms with E-state index in [9.17, 15) is 40.2 Å².